The van der Waals surface area contributed by atoms with Gasteiger partial charge in [0.05, 0.1) is 30.2 Å². The van der Waals surface area contributed by atoms with Gasteiger partial charge in [0.1, 0.15) is 18.1 Å². The SMILES string of the molecule is Cc1nc2c3c(nc(C(=O)N[C@@]45COC[C@@H]4C5)c(C)c3c1C)N1CC3CCC(N3)C1CO2. The lowest BCUT2D eigenvalue weighted by atomic mass is 9.98. The summed E-state index contributed by atoms with van der Waals surface area (Å²) in [6.45, 7) is 8.91. The molecule has 0 aromatic carbocycles. The molecule has 2 N–H and O–H groups in total. The van der Waals surface area contributed by atoms with E-state index in [-0.39, 0.29) is 17.5 Å². The Kier molecular flexibility index (Phi) is 3.76. The highest BCUT2D eigenvalue weighted by Crippen LogP contribution is 2.49. The van der Waals surface area contributed by atoms with Gasteiger partial charge in [0.2, 0.25) is 5.88 Å². The van der Waals surface area contributed by atoms with Gasteiger partial charge in [-0.2, -0.15) is 0 Å². The van der Waals surface area contributed by atoms with Crippen molar-refractivity contribution in [3.05, 3.63) is 22.5 Å². The number of rotatable bonds is 2. The molecule has 3 saturated heterocycles. The first-order valence-corrected chi connectivity index (χ1v) is 11.8. The third kappa shape index (κ3) is 2.48. The van der Waals surface area contributed by atoms with Crippen LogP contribution >= 0.6 is 0 Å². The van der Waals surface area contributed by atoms with Crippen molar-refractivity contribution >= 4 is 22.5 Å². The summed E-state index contributed by atoms with van der Waals surface area (Å²) in [5.41, 5.74) is 3.25. The molecule has 2 bridgehead atoms. The van der Waals surface area contributed by atoms with Gasteiger partial charge in [0.15, 0.2) is 0 Å². The smallest absolute Gasteiger partial charge is 0.270 e. The van der Waals surface area contributed by atoms with Gasteiger partial charge in [0, 0.05) is 35.6 Å². The molecule has 1 amide bonds. The second-order valence-electron chi connectivity index (χ2n) is 10.4. The van der Waals surface area contributed by atoms with E-state index in [4.69, 9.17) is 19.4 Å². The summed E-state index contributed by atoms with van der Waals surface area (Å²) in [6, 6.07) is 1.02. The topological polar surface area (TPSA) is 88.6 Å². The molecule has 32 heavy (non-hydrogen) atoms. The van der Waals surface area contributed by atoms with Gasteiger partial charge in [-0.15, -0.1) is 0 Å². The highest BCUT2D eigenvalue weighted by Gasteiger charge is 2.59. The van der Waals surface area contributed by atoms with Crippen molar-refractivity contribution in [1.29, 1.82) is 0 Å². The quantitative estimate of drug-likeness (QED) is 0.743. The lowest BCUT2D eigenvalue weighted by molar-refractivity contribution is 0.0900. The normalized spacial score (nSPS) is 34.0. The molecule has 2 aromatic rings. The number of ether oxygens (including phenoxy) is 2. The van der Waals surface area contributed by atoms with E-state index in [1.807, 2.05) is 13.8 Å². The number of amides is 1. The van der Waals surface area contributed by atoms with Crippen molar-refractivity contribution in [2.75, 3.05) is 31.3 Å². The van der Waals surface area contributed by atoms with E-state index >= 15 is 0 Å². The Balaban J connectivity index is 1.42. The fourth-order valence-corrected chi connectivity index (χ4v) is 6.48. The number of aryl methyl sites for hydroxylation is 3. The van der Waals surface area contributed by atoms with Crippen molar-refractivity contribution in [2.24, 2.45) is 5.92 Å². The molecule has 5 atom stereocenters. The molecular formula is C24H29N5O3. The molecule has 168 valence electrons. The maximum atomic E-state index is 13.5. The number of piperazine rings is 1. The Bertz CT molecular complexity index is 1180. The Morgan fingerprint density at radius 1 is 1.16 bits per heavy atom. The van der Waals surface area contributed by atoms with E-state index in [9.17, 15) is 4.79 Å². The fraction of sp³-hybridized carbons (Fsp3) is 0.625. The van der Waals surface area contributed by atoms with Crippen LogP contribution in [0.15, 0.2) is 0 Å². The van der Waals surface area contributed by atoms with Gasteiger partial charge in [0.25, 0.3) is 5.91 Å². The van der Waals surface area contributed by atoms with Crippen LogP contribution in [0.4, 0.5) is 5.82 Å². The van der Waals surface area contributed by atoms with Crippen molar-refractivity contribution in [3.8, 4) is 5.88 Å². The van der Waals surface area contributed by atoms with E-state index in [2.05, 4.69) is 22.5 Å². The molecule has 8 heteroatoms. The van der Waals surface area contributed by atoms with Gasteiger partial charge in [-0.25, -0.2) is 9.97 Å². The molecule has 0 spiro atoms. The summed E-state index contributed by atoms with van der Waals surface area (Å²) in [5.74, 6) is 1.85. The number of aromatic nitrogens is 2. The summed E-state index contributed by atoms with van der Waals surface area (Å²) in [6.07, 6.45) is 3.31. The maximum Gasteiger partial charge on any atom is 0.270 e. The Labute approximate surface area is 187 Å². The highest BCUT2D eigenvalue weighted by atomic mass is 16.5. The lowest BCUT2D eigenvalue weighted by Gasteiger charge is -2.40. The van der Waals surface area contributed by atoms with Gasteiger partial charge in [-0.05, 0) is 51.2 Å². The summed E-state index contributed by atoms with van der Waals surface area (Å²) < 4.78 is 11.9. The van der Waals surface area contributed by atoms with Crippen molar-refractivity contribution in [2.45, 2.75) is 63.7 Å². The molecule has 3 unspecified atom stereocenters. The highest BCUT2D eigenvalue weighted by molar-refractivity contribution is 6.07. The van der Waals surface area contributed by atoms with Gasteiger partial charge in [-0.1, -0.05) is 0 Å². The van der Waals surface area contributed by atoms with Gasteiger partial charge in [-0.3, -0.25) is 4.79 Å². The summed E-state index contributed by atoms with van der Waals surface area (Å²) in [7, 11) is 0. The van der Waals surface area contributed by atoms with Crippen LogP contribution in [0.2, 0.25) is 0 Å². The monoisotopic (exact) mass is 435 g/mol. The van der Waals surface area contributed by atoms with Crippen LogP contribution in [-0.4, -0.2) is 65.9 Å². The number of nitrogens with one attached hydrogen (secondary N) is 2. The van der Waals surface area contributed by atoms with Crippen molar-refractivity contribution in [3.63, 3.8) is 0 Å². The minimum atomic E-state index is -0.192. The average molecular weight is 436 g/mol. The Morgan fingerprint density at radius 3 is 2.81 bits per heavy atom. The first-order chi connectivity index (χ1) is 15.4. The molecule has 0 radical (unpaired) electrons. The van der Waals surface area contributed by atoms with Crippen LogP contribution in [-0.2, 0) is 4.74 Å². The minimum absolute atomic E-state index is 0.0936. The van der Waals surface area contributed by atoms with Crippen LogP contribution in [0.25, 0.3) is 10.8 Å². The summed E-state index contributed by atoms with van der Waals surface area (Å²) >= 11 is 0. The van der Waals surface area contributed by atoms with Crippen LogP contribution in [0.3, 0.4) is 0 Å². The second kappa shape index (κ2) is 6.32. The van der Waals surface area contributed by atoms with E-state index in [1.165, 1.54) is 6.42 Å². The van der Waals surface area contributed by atoms with Crippen molar-refractivity contribution in [1.82, 2.24) is 20.6 Å². The number of hydrogen-bond acceptors (Lipinski definition) is 7. The molecule has 1 saturated carbocycles. The van der Waals surface area contributed by atoms with E-state index in [0.717, 1.165) is 59.4 Å². The van der Waals surface area contributed by atoms with Crippen LogP contribution in [0.5, 0.6) is 5.88 Å². The molecule has 6 heterocycles. The predicted octanol–water partition coefficient (Wildman–Crippen LogP) is 1.78. The van der Waals surface area contributed by atoms with Crippen LogP contribution < -0.4 is 20.3 Å². The maximum absolute atomic E-state index is 13.5. The molecule has 5 aliphatic rings. The average Bonchev–Trinajstić information content (AvgIpc) is 3.13. The first-order valence-electron chi connectivity index (χ1n) is 11.8. The second-order valence-corrected chi connectivity index (χ2v) is 10.4. The number of carbonyl (C=O) groups is 1. The number of carbonyl (C=O) groups excluding carboxylic acids is 1. The van der Waals surface area contributed by atoms with E-state index in [1.54, 1.807) is 0 Å². The molecule has 2 aromatic heterocycles. The molecule has 1 aliphatic carbocycles. The zero-order valence-corrected chi connectivity index (χ0v) is 18.8. The number of anilines is 1. The third-order valence-electron chi connectivity index (χ3n) is 8.53. The number of nitrogens with zero attached hydrogens (tertiary/aromatic N) is 3. The molecule has 4 aliphatic heterocycles. The minimum Gasteiger partial charge on any atom is -0.475 e. The zero-order valence-electron chi connectivity index (χ0n) is 18.8. The van der Waals surface area contributed by atoms with E-state index < -0.39 is 0 Å². The third-order valence-corrected chi connectivity index (χ3v) is 8.53. The first kappa shape index (κ1) is 19.1. The number of fused-ring (bicyclic) bond motifs is 6. The van der Waals surface area contributed by atoms with Crippen LogP contribution in [0, 0.1) is 26.7 Å². The molecule has 4 fully saturated rings. The van der Waals surface area contributed by atoms with Gasteiger partial charge < -0.3 is 25.0 Å². The lowest BCUT2D eigenvalue weighted by Crippen LogP contribution is -2.60. The molecule has 7 rings (SSSR count). The van der Waals surface area contributed by atoms with Crippen LogP contribution in [0.1, 0.15) is 46.6 Å². The Morgan fingerprint density at radius 2 is 2.03 bits per heavy atom. The predicted molar refractivity (Wildman–Crippen MR) is 119 cm³/mol. The molecule has 8 nitrogen and oxygen atoms in total. The number of pyridine rings is 2. The standard InChI is InChI=1S/C24H29N5O3/c1-11-13(3)25-23-19-18(11)12(2)20(22(30)28-24-6-14(24)8-31-10-24)27-21(19)29-7-15-4-5-16(26-15)17(29)9-32-23/h14-17,26H,4-10H2,1-3H3,(H,28,30)/t14-,15?,16?,17?,24-/m0/s1. The van der Waals surface area contributed by atoms with Crippen molar-refractivity contribution < 1.29 is 14.3 Å². The summed E-state index contributed by atoms with van der Waals surface area (Å²) in [5, 5.41) is 9.04. The molecular weight excluding hydrogens is 406 g/mol. The van der Waals surface area contributed by atoms with Gasteiger partial charge >= 0.3 is 0 Å². The summed E-state index contributed by atoms with van der Waals surface area (Å²) in [4.78, 5) is 25.8. The number of hydrogen-bond donors (Lipinski definition) is 2. The zero-order chi connectivity index (χ0) is 21.8. The largest absolute Gasteiger partial charge is 0.475 e. The Hall–Kier alpha value is -2.45. The fourth-order valence-electron chi connectivity index (χ4n) is 6.48. The van der Waals surface area contributed by atoms with E-state index in [0.29, 0.717) is 42.8 Å².